The number of hydrogen-bond acceptors (Lipinski definition) is 3. The predicted octanol–water partition coefficient (Wildman–Crippen LogP) is 2.36. The van der Waals surface area contributed by atoms with Crippen LogP contribution in [0, 0.1) is 0 Å². The second kappa shape index (κ2) is 8.82. The summed E-state index contributed by atoms with van der Waals surface area (Å²) in [5.74, 6) is 0.686. The maximum absolute atomic E-state index is 12.1. The van der Waals surface area contributed by atoms with Crippen molar-refractivity contribution in [1.29, 1.82) is 0 Å². The molecule has 2 aromatic carbocycles. The Morgan fingerprint density at radius 1 is 1.08 bits per heavy atom. The fraction of sp³-hybridized carbons (Fsp3) is 0.316. The van der Waals surface area contributed by atoms with Crippen molar-refractivity contribution in [3.63, 3.8) is 0 Å². The quantitative estimate of drug-likeness (QED) is 0.601. The molecule has 0 saturated heterocycles. The van der Waals surface area contributed by atoms with Gasteiger partial charge in [-0.1, -0.05) is 42.5 Å². The summed E-state index contributed by atoms with van der Waals surface area (Å²) >= 11 is 0. The van der Waals surface area contributed by atoms with Gasteiger partial charge in [-0.15, -0.1) is 0 Å². The molecule has 6 nitrogen and oxygen atoms in total. The average molecular weight is 375 g/mol. The SMILES string of the molecule is CN=C(NCc1ccc(S(=O)(=O)N(C)C)cc1)NC(C)c1ccccc1. The fourth-order valence-corrected chi connectivity index (χ4v) is 3.30. The highest BCUT2D eigenvalue weighted by Crippen LogP contribution is 2.14. The van der Waals surface area contributed by atoms with Crippen LogP contribution in [0.4, 0.5) is 0 Å². The number of aliphatic imine (C=N–C) groups is 1. The molecular weight excluding hydrogens is 348 g/mol. The van der Waals surface area contributed by atoms with Crippen molar-refractivity contribution in [2.45, 2.75) is 24.4 Å². The van der Waals surface area contributed by atoms with Crippen LogP contribution < -0.4 is 10.6 Å². The predicted molar refractivity (Wildman–Crippen MR) is 106 cm³/mol. The molecule has 140 valence electrons. The van der Waals surface area contributed by atoms with E-state index in [2.05, 4.69) is 34.7 Å². The molecule has 0 aliphatic carbocycles. The summed E-state index contributed by atoms with van der Waals surface area (Å²) in [6.45, 7) is 2.62. The summed E-state index contributed by atoms with van der Waals surface area (Å²) in [5, 5.41) is 6.59. The molecule has 2 aromatic rings. The number of hydrogen-bond donors (Lipinski definition) is 2. The number of rotatable bonds is 6. The van der Waals surface area contributed by atoms with E-state index in [1.54, 1.807) is 31.3 Å². The molecule has 1 unspecified atom stereocenters. The molecule has 2 rings (SSSR count). The standard InChI is InChI=1S/C19H26N4O2S/c1-15(17-8-6-5-7-9-17)22-19(20-2)21-14-16-10-12-18(13-11-16)26(24,25)23(3)4/h5-13,15H,14H2,1-4H3,(H2,20,21,22). The van der Waals surface area contributed by atoms with Gasteiger partial charge in [0, 0.05) is 27.7 Å². The molecule has 1 atom stereocenters. The van der Waals surface area contributed by atoms with Gasteiger partial charge in [-0.3, -0.25) is 4.99 Å². The van der Waals surface area contributed by atoms with Crippen LogP contribution in [0.2, 0.25) is 0 Å². The third-order valence-corrected chi connectivity index (χ3v) is 5.87. The number of nitrogens with one attached hydrogen (secondary N) is 2. The van der Waals surface area contributed by atoms with Gasteiger partial charge in [-0.05, 0) is 30.2 Å². The molecule has 0 aromatic heterocycles. The Hall–Kier alpha value is -2.38. The molecule has 0 aliphatic rings. The lowest BCUT2D eigenvalue weighted by Crippen LogP contribution is -2.38. The Labute approximate surface area is 156 Å². The van der Waals surface area contributed by atoms with Gasteiger partial charge in [0.1, 0.15) is 0 Å². The van der Waals surface area contributed by atoms with Gasteiger partial charge in [0.15, 0.2) is 5.96 Å². The Bertz CT molecular complexity index is 832. The maximum Gasteiger partial charge on any atom is 0.242 e. The zero-order chi connectivity index (χ0) is 19.2. The highest BCUT2D eigenvalue weighted by molar-refractivity contribution is 7.89. The van der Waals surface area contributed by atoms with Crippen LogP contribution in [0.15, 0.2) is 64.5 Å². The second-order valence-electron chi connectivity index (χ2n) is 6.13. The van der Waals surface area contributed by atoms with Crippen LogP contribution in [-0.4, -0.2) is 39.8 Å². The van der Waals surface area contributed by atoms with Gasteiger partial charge in [0.25, 0.3) is 0 Å². The van der Waals surface area contributed by atoms with Gasteiger partial charge in [-0.25, -0.2) is 12.7 Å². The van der Waals surface area contributed by atoms with Crippen molar-refractivity contribution in [3.8, 4) is 0 Å². The van der Waals surface area contributed by atoms with E-state index >= 15 is 0 Å². The van der Waals surface area contributed by atoms with E-state index in [0.29, 0.717) is 12.5 Å². The molecule has 0 fully saturated rings. The van der Waals surface area contributed by atoms with Gasteiger partial charge in [-0.2, -0.15) is 0 Å². The van der Waals surface area contributed by atoms with Crippen molar-refractivity contribution < 1.29 is 8.42 Å². The first-order chi connectivity index (χ1) is 12.3. The summed E-state index contributed by atoms with van der Waals surface area (Å²) in [6, 6.07) is 17.1. The maximum atomic E-state index is 12.1. The van der Waals surface area contributed by atoms with Gasteiger partial charge >= 0.3 is 0 Å². The van der Waals surface area contributed by atoms with Crippen LogP contribution in [0.1, 0.15) is 24.1 Å². The summed E-state index contributed by atoms with van der Waals surface area (Å²) in [7, 11) is 1.37. The average Bonchev–Trinajstić information content (AvgIpc) is 2.65. The number of nitrogens with zero attached hydrogens (tertiary/aromatic N) is 2. The molecule has 0 radical (unpaired) electrons. The molecule has 0 spiro atoms. The number of sulfonamides is 1. The third-order valence-electron chi connectivity index (χ3n) is 4.04. The minimum absolute atomic E-state index is 0.120. The first kappa shape index (κ1) is 19.9. The molecule has 0 bridgehead atoms. The molecule has 0 saturated carbocycles. The van der Waals surface area contributed by atoms with Crippen molar-refractivity contribution >= 4 is 16.0 Å². The largest absolute Gasteiger partial charge is 0.352 e. The summed E-state index contributed by atoms with van der Waals surface area (Å²) in [5.41, 5.74) is 2.15. The highest BCUT2D eigenvalue weighted by Gasteiger charge is 2.16. The zero-order valence-electron chi connectivity index (χ0n) is 15.6. The van der Waals surface area contributed by atoms with E-state index in [1.165, 1.54) is 24.0 Å². The molecule has 0 amide bonds. The minimum Gasteiger partial charge on any atom is -0.352 e. The first-order valence-electron chi connectivity index (χ1n) is 8.38. The molecule has 0 heterocycles. The van der Waals surface area contributed by atoms with E-state index in [-0.39, 0.29) is 10.9 Å². The van der Waals surface area contributed by atoms with E-state index in [0.717, 1.165) is 5.56 Å². The van der Waals surface area contributed by atoms with E-state index in [9.17, 15) is 8.42 Å². The summed E-state index contributed by atoms with van der Waals surface area (Å²) in [4.78, 5) is 4.52. The van der Waals surface area contributed by atoms with Crippen LogP contribution in [0.25, 0.3) is 0 Å². The van der Waals surface area contributed by atoms with E-state index in [1.807, 2.05) is 18.2 Å². The van der Waals surface area contributed by atoms with Gasteiger partial charge in [0.2, 0.25) is 10.0 Å². The second-order valence-corrected chi connectivity index (χ2v) is 8.29. The lowest BCUT2D eigenvalue weighted by Gasteiger charge is -2.18. The molecule has 0 aliphatic heterocycles. The van der Waals surface area contributed by atoms with Gasteiger partial charge < -0.3 is 10.6 Å². The van der Waals surface area contributed by atoms with Crippen molar-refractivity contribution in [3.05, 3.63) is 65.7 Å². The molecular formula is C19H26N4O2S. The summed E-state index contributed by atoms with van der Waals surface area (Å²) < 4.78 is 25.4. The highest BCUT2D eigenvalue weighted by atomic mass is 32.2. The third kappa shape index (κ3) is 5.06. The Balaban J connectivity index is 1.96. The lowest BCUT2D eigenvalue weighted by atomic mass is 10.1. The van der Waals surface area contributed by atoms with Crippen LogP contribution >= 0.6 is 0 Å². The topological polar surface area (TPSA) is 73.8 Å². The molecule has 7 heteroatoms. The van der Waals surface area contributed by atoms with Crippen molar-refractivity contribution in [2.75, 3.05) is 21.1 Å². The summed E-state index contributed by atoms with van der Waals surface area (Å²) in [6.07, 6.45) is 0. The van der Waals surface area contributed by atoms with Crippen LogP contribution in [-0.2, 0) is 16.6 Å². The van der Waals surface area contributed by atoms with Crippen molar-refractivity contribution in [2.24, 2.45) is 4.99 Å². The number of benzene rings is 2. The Morgan fingerprint density at radius 2 is 1.69 bits per heavy atom. The molecule has 26 heavy (non-hydrogen) atoms. The minimum atomic E-state index is -3.40. The van der Waals surface area contributed by atoms with Crippen LogP contribution in [0.3, 0.4) is 0 Å². The normalized spacial score (nSPS) is 13.5. The van der Waals surface area contributed by atoms with Gasteiger partial charge in [0.05, 0.1) is 10.9 Å². The first-order valence-corrected chi connectivity index (χ1v) is 9.82. The zero-order valence-corrected chi connectivity index (χ0v) is 16.4. The smallest absolute Gasteiger partial charge is 0.242 e. The number of guanidine groups is 1. The molecule has 2 N–H and O–H groups in total. The van der Waals surface area contributed by atoms with E-state index < -0.39 is 10.0 Å². The monoisotopic (exact) mass is 374 g/mol. The Morgan fingerprint density at radius 3 is 2.23 bits per heavy atom. The fourth-order valence-electron chi connectivity index (χ4n) is 2.40. The Kier molecular flexibility index (Phi) is 6.76. The van der Waals surface area contributed by atoms with Crippen molar-refractivity contribution in [1.82, 2.24) is 14.9 Å². The van der Waals surface area contributed by atoms with E-state index in [4.69, 9.17) is 0 Å². The lowest BCUT2D eigenvalue weighted by molar-refractivity contribution is 0.520. The van der Waals surface area contributed by atoms with Crippen LogP contribution in [0.5, 0.6) is 0 Å².